The number of carboxylic acid groups (broad SMARTS) is 1. The highest BCUT2D eigenvalue weighted by atomic mass is 16.4. The van der Waals surface area contributed by atoms with Crippen molar-refractivity contribution in [2.45, 2.75) is 52.9 Å². The highest BCUT2D eigenvalue weighted by Crippen LogP contribution is 2.43. The van der Waals surface area contributed by atoms with Gasteiger partial charge in [0.25, 0.3) is 0 Å². The van der Waals surface area contributed by atoms with Gasteiger partial charge in [-0.3, -0.25) is 9.59 Å². The molecule has 1 aliphatic carbocycles. The Hall–Kier alpha value is -1.06. The normalized spacial score (nSPS) is 33.1. The minimum absolute atomic E-state index is 0.156. The van der Waals surface area contributed by atoms with E-state index >= 15 is 0 Å². The Kier molecular flexibility index (Phi) is 4.40. The number of carbonyl (C=O) groups excluding carboxylic acids is 1. The molecule has 1 amide bonds. The van der Waals surface area contributed by atoms with Crippen molar-refractivity contribution in [2.75, 3.05) is 13.1 Å². The molecule has 4 heteroatoms. The molecule has 3 atom stereocenters. The summed E-state index contributed by atoms with van der Waals surface area (Å²) in [4.78, 5) is 25.0. The van der Waals surface area contributed by atoms with Crippen LogP contribution in [0, 0.1) is 23.2 Å². The van der Waals surface area contributed by atoms with E-state index in [4.69, 9.17) is 5.11 Å². The van der Waals surface area contributed by atoms with Gasteiger partial charge in [-0.05, 0) is 42.9 Å². The van der Waals surface area contributed by atoms with Gasteiger partial charge in [0, 0.05) is 19.5 Å². The van der Waals surface area contributed by atoms with E-state index in [1.54, 1.807) is 4.90 Å². The van der Waals surface area contributed by atoms with Crippen molar-refractivity contribution in [1.82, 2.24) is 4.90 Å². The van der Waals surface area contributed by atoms with Gasteiger partial charge in [-0.25, -0.2) is 0 Å². The molecule has 2 fully saturated rings. The molecule has 0 radical (unpaired) electrons. The summed E-state index contributed by atoms with van der Waals surface area (Å²) >= 11 is 0. The lowest BCUT2D eigenvalue weighted by molar-refractivity contribution is -0.141. The van der Waals surface area contributed by atoms with Gasteiger partial charge in [0.1, 0.15) is 0 Å². The van der Waals surface area contributed by atoms with Gasteiger partial charge in [0.2, 0.25) is 5.91 Å². The van der Waals surface area contributed by atoms with E-state index in [0.717, 1.165) is 12.8 Å². The van der Waals surface area contributed by atoms with E-state index in [1.165, 1.54) is 6.42 Å². The lowest BCUT2D eigenvalue weighted by Gasteiger charge is -2.39. The first kappa shape index (κ1) is 15.3. The van der Waals surface area contributed by atoms with E-state index in [-0.39, 0.29) is 11.8 Å². The number of aliphatic carboxylic acids is 1. The number of nitrogens with zero attached hydrogens (tertiary/aromatic N) is 1. The van der Waals surface area contributed by atoms with Crippen molar-refractivity contribution in [1.29, 1.82) is 0 Å². The molecule has 1 N–H and O–H groups in total. The molecule has 1 heterocycles. The fourth-order valence-corrected chi connectivity index (χ4v) is 4.26. The molecule has 4 nitrogen and oxygen atoms in total. The van der Waals surface area contributed by atoms with E-state index in [1.807, 2.05) is 0 Å². The zero-order valence-corrected chi connectivity index (χ0v) is 12.9. The van der Waals surface area contributed by atoms with Crippen LogP contribution in [0.25, 0.3) is 0 Å². The number of rotatable bonds is 3. The van der Waals surface area contributed by atoms with Gasteiger partial charge in [0.15, 0.2) is 0 Å². The number of amides is 1. The van der Waals surface area contributed by atoms with Crippen molar-refractivity contribution >= 4 is 11.9 Å². The van der Waals surface area contributed by atoms with Gasteiger partial charge < -0.3 is 10.0 Å². The standard InChI is InChI=1S/C16H27NO3/c1-11-6-12(9-16(2,3)8-11)7-14(18)17-5-4-13(10-17)15(19)20/h11-13H,4-10H2,1-3H3,(H,19,20). The summed E-state index contributed by atoms with van der Waals surface area (Å²) in [7, 11) is 0. The lowest BCUT2D eigenvalue weighted by atomic mass is 9.67. The Morgan fingerprint density at radius 2 is 2.00 bits per heavy atom. The topological polar surface area (TPSA) is 57.6 Å². The molecule has 1 saturated heterocycles. The predicted molar refractivity (Wildman–Crippen MR) is 77.2 cm³/mol. The molecule has 114 valence electrons. The maximum atomic E-state index is 12.3. The van der Waals surface area contributed by atoms with Gasteiger partial charge in [-0.2, -0.15) is 0 Å². The highest BCUT2D eigenvalue weighted by Gasteiger charge is 2.35. The molecule has 3 unspecified atom stereocenters. The van der Waals surface area contributed by atoms with Crippen molar-refractivity contribution in [2.24, 2.45) is 23.2 Å². The second-order valence-corrected chi connectivity index (χ2v) is 7.65. The third-order valence-electron chi connectivity index (χ3n) is 4.83. The largest absolute Gasteiger partial charge is 0.481 e. The van der Waals surface area contributed by atoms with Crippen molar-refractivity contribution in [3.63, 3.8) is 0 Å². The Morgan fingerprint density at radius 3 is 2.55 bits per heavy atom. The summed E-state index contributed by atoms with van der Waals surface area (Å²) in [5, 5.41) is 9.00. The first-order chi connectivity index (χ1) is 9.27. The summed E-state index contributed by atoms with van der Waals surface area (Å²) in [5.74, 6) is 0.170. The van der Waals surface area contributed by atoms with Gasteiger partial charge >= 0.3 is 5.97 Å². The predicted octanol–water partition coefficient (Wildman–Crippen LogP) is 2.77. The minimum atomic E-state index is -0.771. The molecule has 0 spiro atoms. The molecule has 20 heavy (non-hydrogen) atoms. The maximum Gasteiger partial charge on any atom is 0.308 e. The summed E-state index contributed by atoms with van der Waals surface area (Å²) in [5.41, 5.74) is 0.331. The van der Waals surface area contributed by atoms with E-state index in [9.17, 15) is 9.59 Å². The lowest BCUT2D eigenvalue weighted by Crippen LogP contribution is -2.34. The SMILES string of the molecule is CC1CC(CC(=O)N2CCC(C(=O)O)C2)CC(C)(C)C1. The van der Waals surface area contributed by atoms with Crippen LogP contribution >= 0.6 is 0 Å². The van der Waals surface area contributed by atoms with Gasteiger partial charge in [-0.15, -0.1) is 0 Å². The van der Waals surface area contributed by atoms with Crippen LogP contribution < -0.4 is 0 Å². The fourth-order valence-electron chi connectivity index (χ4n) is 4.26. The molecule has 0 bridgehead atoms. The highest BCUT2D eigenvalue weighted by molar-refractivity contribution is 5.79. The number of likely N-dealkylation sites (tertiary alicyclic amines) is 1. The fraction of sp³-hybridized carbons (Fsp3) is 0.875. The van der Waals surface area contributed by atoms with Crippen LogP contribution in [0.5, 0.6) is 0 Å². The molecule has 1 saturated carbocycles. The molecule has 2 aliphatic rings. The second-order valence-electron chi connectivity index (χ2n) is 7.65. The number of hydrogen-bond donors (Lipinski definition) is 1. The quantitative estimate of drug-likeness (QED) is 0.865. The first-order valence-electron chi connectivity index (χ1n) is 7.77. The average Bonchev–Trinajstić information content (AvgIpc) is 2.74. The third kappa shape index (κ3) is 3.74. The molecule has 1 aliphatic heterocycles. The smallest absolute Gasteiger partial charge is 0.308 e. The summed E-state index contributed by atoms with van der Waals surface area (Å²) < 4.78 is 0. The van der Waals surface area contributed by atoms with Gasteiger partial charge in [-0.1, -0.05) is 20.8 Å². The van der Waals surface area contributed by atoms with E-state index in [2.05, 4.69) is 20.8 Å². The van der Waals surface area contributed by atoms with E-state index in [0.29, 0.717) is 43.2 Å². The van der Waals surface area contributed by atoms with Crippen LogP contribution in [0.3, 0.4) is 0 Å². The monoisotopic (exact) mass is 281 g/mol. The number of carboxylic acids is 1. The Balaban J connectivity index is 1.87. The van der Waals surface area contributed by atoms with Crippen LogP contribution in [-0.4, -0.2) is 35.0 Å². The maximum absolute atomic E-state index is 12.3. The second kappa shape index (κ2) is 5.74. The summed E-state index contributed by atoms with van der Waals surface area (Å²) in [6.45, 7) is 7.86. The Bertz CT molecular complexity index is 391. The summed E-state index contributed by atoms with van der Waals surface area (Å²) in [6.07, 6.45) is 4.68. The minimum Gasteiger partial charge on any atom is -0.481 e. The molecular formula is C16H27NO3. The van der Waals surface area contributed by atoms with Gasteiger partial charge in [0.05, 0.1) is 5.92 Å². The van der Waals surface area contributed by atoms with Crippen LogP contribution in [-0.2, 0) is 9.59 Å². The zero-order chi connectivity index (χ0) is 14.9. The summed E-state index contributed by atoms with van der Waals surface area (Å²) in [6, 6.07) is 0. The van der Waals surface area contributed by atoms with Crippen molar-refractivity contribution in [3.05, 3.63) is 0 Å². The van der Waals surface area contributed by atoms with Crippen LogP contribution in [0.4, 0.5) is 0 Å². The Labute approximate surface area is 121 Å². The number of hydrogen-bond acceptors (Lipinski definition) is 2. The van der Waals surface area contributed by atoms with Crippen LogP contribution in [0.15, 0.2) is 0 Å². The van der Waals surface area contributed by atoms with Crippen molar-refractivity contribution < 1.29 is 14.7 Å². The average molecular weight is 281 g/mol. The zero-order valence-electron chi connectivity index (χ0n) is 12.9. The van der Waals surface area contributed by atoms with E-state index < -0.39 is 5.97 Å². The number of carbonyl (C=O) groups is 2. The Morgan fingerprint density at radius 1 is 1.30 bits per heavy atom. The molecule has 0 aromatic carbocycles. The molecule has 0 aromatic heterocycles. The third-order valence-corrected chi connectivity index (χ3v) is 4.83. The molecule has 2 rings (SSSR count). The molecule has 0 aromatic rings. The first-order valence-corrected chi connectivity index (χ1v) is 7.77. The van der Waals surface area contributed by atoms with Crippen molar-refractivity contribution in [3.8, 4) is 0 Å². The van der Waals surface area contributed by atoms with Crippen LogP contribution in [0.2, 0.25) is 0 Å². The molecular weight excluding hydrogens is 254 g/mol. The van der Waals surface area contributed by atoms with Crippen LogP contribution in [0.1, 0.15) is 52.9 Å².